The van der Waals surface area contributed by atoms with Crippen molar-refractivity contribution in [2.24, 2.45) is 0 Å². The molecule has 0 saturated heterocycles. The first kappa shape index (κ1) is 24.3. The van der Waals surface area contributed by atoms with Gasteiger partial charge in [0.2, 0.25) is 0 Å². The van der Waals surface area contributed by atoms with Crippen LogP contribution in [0.25, 0.3) is 76.8 Å². The van der Waals surface area contributed by atoms with Gasteiger partial charge in [-0.1, -0.05) is 164 Å². The van der Waals surface area contributed by atoms with E-state index in [9.17, 15) is 0 Å². The highest BCUT2D eigenvalue weighted by molar-refractivity contribution is 6.24. The molecule has 8 rings (SSSR count). The molecule has 0 fully saturated rings. The van der Waals surface area contributed by atoms with E-state index in [2.05, 4.69) is 170 Å². The molecule has 8 aromatic carbocycles. The molecule has 42 heavy (non-hydrogen) atoms. The zero-order valence-electron chi connectivity index (χ0n) is 23.2. The summed E-state index contributed by atoms with van der Waals surface area (Å²) in [7, 11) is 0. The van der Waals surface area contributed by atoms with E-state index in [-0.39, 0.29) is 0 Å². The zero-order valence-corrected chi connectivity index (χ0v) is 23.2. The molecule has 0 nitrogen and oxygen atoms in total. The van der Waals surface area contributed by atoms with Gasteiger partial charge in [-0.2, -0.15) is 0 Å². The lowest BCUT2D eigenvalue weighted by molar-refractivity contribution is 1.62. The van der Waals surface area contributed by atoms with Crippen LogP contribution in [0.2, 0.25) is 0 Å². The predicted molar refractivity (Wildman–Crippen MR) is 181 cm³/mol. The van der Waals surface area contributed by atoms with E-state index in [1.807, 2.05) is 0 Å². The molecule has 0 radical (unpaired) electrons. The molecule has 0 amide bonds. The Balaban J connectivity index is 1.49. The van der Waals surface area contributed by atoms with Gasteiger partial charge in [0.1, 0.15) is 0 Å². The first-order valence-corrected chi connectivity index (χ1v) is 14.5. The van der Waals surface area contributed by atoms with Crippen LogP contribution in [0.3, 0.4) is 0 Å². The average molecular weight is 533 g/mol. The Morgan fingerprint density at radius 2 is 0.667 bits per heavy atom. The van der Waals surface area contributed by atoms with E-state index in [0.717, 1.165) is 0 Å². The van der Waals surface area contributed by atoms with Gasteiger partial charge in [-0.3, -0.25) is 0 Å². The molecule has 196 valence electrons. The van der Waals surface area contributed by atoms with Crippen LogP contribution in [-0.4, -0.2) is 0 Å². The standard InChI is InChI=1S/C42H28/c1-4-14-29(15-5-1)32-24-25-34-39(27-26-33(40(34)28-32)30-16-6-2-7-17-30)42-37-22-12-10-20-35(37)41(31-18-8-3-9-19-31)36-21-11-13-23-38(36)42/h1-28H. The summed E-state index contributed by atoms with van der Waals surface area (Å²) in [4.78, 5) is 0. The van der Waals surface area contributed by atoms with E-state index in [1.54, 1.807) is 0 Å². The molecular weight excluding hydrogens is 504 g/mol. The average Bonchev–Trinajstić information content (AvgIpc) is 3.08. The third-order valence-corrected chi connectivity index (χ3v) is 8.47. The molecular formula is C42H28. The topological polar surface area (TPSA) is 0 Å². The molecule has 0 aliphatic rings. The van der Waals surface area contributed by atoms with Gasteiger partial charge in [-0.15, -0.1) is 0 Å². The molecule has 8 aromatic rings. The maximum Gasteiger partial charge on any atom is -0.00201 e. The maximum absolute atomic E-state index is 2.37. The van der Waals surface area contributed by atoms with Gasteiger partial charge in [0.25, 0.3) is 0 Å². The van der Waals surface area contributed by atoms with Crippen LogP contribution in [0.15, 0.2) is 170 Å². The van der Waals surface area contributed by atoms with Crippen molar-refractivity contribution in [3.8, 4) is 44.5 Å². The Labute approximate surface area is 246 Å². The highest BCUT2D eigenvalue weighted by Gasteiger charge is 2.19. The van der Waals surface area contributed by atoms with Gasteiger partial charge in [0, 0.05) is 0 Å². The first-order valence-electron chi connectivity index (χ1n) is 14.5. The summed E-state index contributed by atoms with van der Waals surface area (Å²) in [6, 6.07) is 61.7. The third kappa shape index (κ3) is 4.00. The maximum atomic E-state index is 2.37. The van der Waals surface area contributed by atoms with Crippen LogP contribution in [0.5, 0.6) is 0 Å². The number of rotatable bonds is 4. The summed E-state index contributed by atoms with van der Waals surface area (Å²) < 4.78 is 0. The van der Waals surface area contributed by atoms with Crippen molar-refractivity contribution in [3.05, 3.63) is 170 Å². The van der Waals surface area contributed by atoms with Gasteiger partial charge in [0.05, 0.1) is 0 Å². The summed E-state index contributed by atoms with van der Waals surface area (Å²) in [5.74, 6) is 0. The molecule has 0 atom stereocenters. The lowest BCUT2D eigenvalue weighted by atomic mass is 9.83. The van der Waals surface area contributed by atoms with Crippen molar-refractivity contribution in [1.82, 2.24) is 0 Å². The Kier molecular flexibility index (Phi) is 5.90. The fraction of sp³-hybridized carbons (Fsp3) is 0. The van der Waals surface area contributed by atoms with Crippen LogP contribution in [0.4, 0.5) is 0 Å². The zero-order chi connectivity index (χ0) is 27.9. The molecule has 0 heteroatoms. The van der Waals surface area contributed by atoms with Crippen molar-refractivity contribution in [1.29, 1.82) is 0 Å². The molecule has 0 aromatic heterocycles. The van der Waals surface area contributed by atoms with Gasteiger partial charge >= 0.3 is 0 Å². The minimum absolute atomic E-state index is 1.23. The normalized spacial score (nSPS) is 11.3. The minimum Gasteiger partial charge on any atom is -0.0622 e. The highest BCUT2D eigenvalue weighted by Crippen LogP contribution is 2.46. The Hall–Kier alpha value is -5.46. The molecule has 0 N–H and O–H groups in total. The number of benzene rings is 8. The Morgan fingerprint density at radius 3 is 1.24 bits per heavy atom. The summed E-state index contributed by atoms with van der Waals surface area (Å²) in [6.45, 7) is 0. The third-order valence-electron chi connectivity index (χ3n) is 8.47. The van der Waals surface area contributed by atoms with Crippen LogP contribution >= 0.6 is 0 Å². The molecule has 0 heterocycles. The van der Waals surface area contributed by atoms with Crippen molar-refractivity contribution in [3.63, 3.8) is 0 Å². The molecule has 0 saturated carbocycles. The van der Waals surface area contributed by atoms with Crippen LogP contribution in [-0.2, 0) is 0 Å². The second-order valence-electron chi connectivity index (χ2n) is 10.9. The van der Waals surface area contributed by atoms with Crippen molar-refractivity contribution in [2.75, 3.05) is 0 Å². The van der Waals surface area contributed by atoms with Gasteiger partial charge < -0.3 is 0 Å². The highest BCUT2D eigenvalue weighted by atomic mass is 14.2. The van der Waals surface area contributed by atoms with Crippen LogP contribution in [0.1, 0.15) is 0 Å². The van der Waals surface area contributed by atoms with Crippen molar-refractivity contribution in [2.45, 2.75) is 0 Å². The van der Waals surface area contributed by atoms with Gasteiger partial charge in [0.15, 0.2) is 0 Å². The summed E-state index contributed by atoms with van der Waals surface area (Å²) in [5, 5.41) is 7.63. The van der Waals surface area contributed by atoms with E-state index in [1.165, 1.54) is 76.8 Å². The van der Waals surface area contributed by atoms with E-state index in [0.29, 0.717) is 0 Å². The van der Waals surface area contributed by atoms with Gasteiger partial charge in [-0.05, 0) is 82.9 Å². The van der Waals surface area contributed by atoms with Crippen LogP contribution in [0, 0.1) is 0 Å². The number of fused-ring (bicyclic) bond motifs is 3. The van der Waals surface area contributed by atoms with Crippen molar-refractivity contribution >= 4 is 32.3 Å². The van der Waals surface area contributed by atoms with Crippen LogP contribution < -0.4 is 0 Å². The molecule has 0 bridgehead atoms. The van der Waals surface area contributed by atoms with E-state index < -0.39 is 0 Å². The summed E-state index contributed by atoms with van der Waals surface area (Å²) in [5.41, 5.74) is 10.0. The Bertz CT molecular complexity index is 2150. The fourth-order valence-corrected chi connectivity index (χ4v) is 6.58. The lowest BCUT2D eigenvalue weighted by Gasteiger charge is -2.20. The lowest BCUT2D eigenvalue weighted by Crippen LogP contribution is -1.92. The molecule has 0 aliphatic carbocycles. The quantitative estimate of drug-likeness (QED) is 0.198. The van der Waals surface area contributed by atoms with Crippen molar-refractivity contribution < 1.29 is 0 Å². The smallest absolute Gasteiger partial charge is 0.00201 e. The minimum atomic E-state index is 1.23. The number of hydrogen-bond donors (Lipinski definition) is 0. The number of hydrogen-bond acceptors (Lipinski definition) is 0. The van der Waals surface area contributed by atoms with E-state index in [4.69, 9.17) is 0 Å². The molecule has 0 unspecified atom stereocenters. The van der Waals surface area contributed by atoms with E-state index >= 15 is 0 Å². The largest absolute Gasteiger partial charge is 0.0622 e. The summed E-state index contributed by atoms with van der Waals surface area (Å²) >= 11 is 0. The molecule has 0 spiro atoms. The monoisotopic (exact) mass is 532 g/mol. The summed E-state index contributed by atoms with van der Waals surface area (Å²) in [6.07, 6.45) is 0. The SMILES string of the molecule is c1ccc(-c2ccc3c(-c4c5ccccc5c(-c5ccccc5)c5ccccc45)ccc(-c4ccccc4)c3c2)cc1. The second-order valence-corrected chi connectivity index (χ2v) is 10.9. The van der Waals surface area contributed by atoms with Gasteiger partial charge in [-0.25, -0.2) is 0 Å². The Morgan fingerprint density at radius 1 is 0.214 bits per heavy atom. The predicted octanol–water partition coefficient (Wildman–Crippen LogP) is 11.8. The fourth-order valence-electron chi connectivity index (χ4n) is 6.58. The second kappa shape index (κ2) is 10.2. The molecule has 0 aliphatic heterocycles. The first-order chi connectivity index (χ1) is 20.9.